The Bertz CT molecular complexity index is 433. The maximum absolute atomic E-state index is 10.8. The number of nitrogens with zero attached hydrogens (tertiary/aromatic N) is 1. The zero-order chi connectivity index (χ0) is 14.2. The van der Waals surface area contributed by atoms with Gasteiger partial charge in [0.25, 0.3) is 0 Å². The number of rotatable bonds is 7. The molecular weight excluding hydrogens is 258 g/mol. The normalized spacial score (nSPS) is 16.0. The molecule has 0 aliphatic carbocycles. The Labute approximate surface area is 118 Å². The summed E-state index contributed by atoms with van der Waals surface area (Å²) in [5.41, 5.74) is 0.0460. The number of hydrogen-bond acceptors (Lipinski definition) is 3. The van der Waals surface area contributed by atoms with Gasteiger partial charge in [0, 0.05) is 6.07 Å². The molecule has 20 heavy (non-hydrogen) atoms. The summed E-state index contributed by atoms with van der Waals surface area (Å²) in [6.07, 6.45) is 2.05. The van der Waals surface area contributed by atoms with Crippen LogP contribution in [0.15, 0.2) is 24.3 Å². The first-order valence-electron chi connectivity index (χ1n) is 7.29. The predicted octanol–water partition coefficient (Wildman–Crippen LogP) is -0.784. The molecule has 0 unspecified atom stereocenters. The van der Waals surface area contributed by atoms with Crippen molar-refractivity contribution in [1.29, 1.82) is 0 Å². The fourth-order valence-electron chi connectivity index (χ4n) is 2.52. The molecule has 1 aliphatic heterocycles. The Morgan fingerprint density at radius 3 is 2.75 bits per heavy atom. The average molecular weight is 281 g/mol. The molecule has 1 saturated heterocycles. The first-order chi connectivity index (χ1) is 9.77. The van der Waals surface area contributed by atoms with Crippen LogP contribution in [0.3, 0.4) is 0 Å². The maximum atomic E-state index is 10.8. The number of hydrogen-bond donors (Lipinski definition) is 2. The Kier molecular flexibility index (Phi) is 5.76. The summed E-state index contributed by atoms with van der Waals surface area (Å²) in [7, 11) is 0. The Morgan fingerprint density at radius 2 is 2.00 bits per heavy atom. The van der Waals surface area contributed by atoms with Gasteiger partial charge in [-0.25, -0.2) is 0 Å². The van der Waals surface area contributed by atoms with Gasteiger partial charge in [-0.1, -0.05) is 12.1 Å². The lowest BCUT2D eigenvalue weighted by Gasteiger charge is -2.21. The van der Waals surface area contributed by atoms with Gasteiger partial charge in [0.05, 0.1) is 18.1 Å². The topological polar surface area (TPSA) is 73.4 Å². The van der Waals surface area contributed by atoms with Crippen LogP contribution in [0.4, 0.5) is 5.69 Å². The van der Waals surface area contributed by atoms with Crippen LogP contribution in [-0.2, 0) is 0 Å². The van der Waals surface area contributed by atoms with Gasteiger partial charge in [0.1, 0.15) is 26.2 Å². The van der Waals surface area contributed by atoms with Crippen LogP contribution in [0.5, 0.6) is 5.75 Å². The van der Waals surface area contributed by atoms with Crippen molar-refractivity contribution in [3.8, 4) is 5.75 Å². The van der Waals surface area contributed by atoms with E-state index < -0.39 is 4.92 Å². The quantitative estimate of drug-likeness (QED) is 0.391. The average Bonchev–Trinajstić information content (AvgIpc) is 2.48. The molecule has 2 rings (SSSR count). The summed E-state index contributed by atoms with van der Waals surface area (Å²) >= 11 is 0. The Morgan fingerprint density at radius 1 is 1.25 bits per heavy atom. The molecule has 1 fully saturated rings. The van der Waals surface area contributed by atoms with Gasteiger partial charge in [0.15, 0.2) is 5.75 Å². The standard InChI is InChI=1S/C14H21N3O3/c18-17(19)13-5-1-2-6-14(13)20-12-4-3-9-16-10-7-15-8-11-16/h1-2,5-6,15H,3-4,7-12H2/p+2. The second-order valence-electron chi connectivity index (χ2n) is 5.15. The summed E-state index contributed by atoms with van der Waals surface area (Å²) in [5.74, 6) is 0.373. The molecule has 1 aromatic rings. The summed E-state index contributed by atoms with van der Waals surface area (Å²) in [4.78, 5) is 12.1. The van der Waals surface area contributed by atoms with Crippen molar-refractivity contribution in [3.63, 3.8) is 0 Å². The number of quaternary nitrogens is 2. The third-order valence-corrected chi connectivity index (χ3v) is 3.65. The van der Waals surface area contributed by atoms with E-state index in [1.54, 1.807) is 23.1 Å². The molecule has 0 aromatic heterocycles. The summed E-state index contributed by atoms with van der Waals surface area (Å²) < 4.78 is 5.53. The van der Waals surface area contributed by atoms with Gasteiger partial charge < -0.3 is 15.0 Å². The Hall–Kier alpha value is -1.66. The number of para-hydroxylation sites is 2. The van der Waals surface area contributed by atoms with Crippen LogP contribution in [0, 0.1) is 10.1 Å². The van der Waals surface area contributed by atoms with E-state index in [0.29, 0.717) is 12.4 Å². The second-order valence-corrected chi connectivity index (χ2v) is 5.15. The predicted molar refractivity (Wildman–Crippen MR) is 75.0 cm³/mol. The Balaban J connectivity index is 1.67. The summed E-state index contributed by atoms with van der Waals surface area (Å²) in [6.45, 7) is 6.65. The van der Waals surface area contributed by atoms with Crippen molar-refractivity contribution in [1.82, 2.24) is 0 Å². The molecule has 0 amide bonds. The van der Waals surface area contributed by atoms with E-state index in [2.05, 4.69) is 5.32 Å². The van der Waals surface area contributed by atoms with Gasteiger partial charge in [-0.3, -0.25) is 10.1 Å². The van der Waals surface area contributed by atoms with Crippen LogP contribution >= 0.6 is 0 Å². The zero-order valence-corrected chi connectivity index (χ0v) is 11.7. The third kappa shape index (κ3) is 4.47. The van der Waals surface area contributed by atoms with Crippen molar-refractivity contribution < 1.29 is 19.9 Å². The number of piperazine rings is 1. The van der Waals surface area contributed by atoms with Crippen LogP contribution in [-0.4, -0.2) is 44.3 Å². The van der Waals surface area contributed by atoms with Crippen molar-refractivity contribution in [2.75, 3.05) is 39.3 Å². The van der Waals surface area contributed by atoms with Crippen molar-refractivity contribution in [3.05, 3.63) is 34.4 Å². The lowest BCUT2D eigenvalue weighted by Crippen LogP contribution is -3.20. The first kappa shape index (κ1) is 14.7. The minimum absolute atomic E-state index is 0.0460. The number of unbranched alkanes of at least 4 members (excludes halogenated alkanes) is 1. The number of ether oxygens (including phenoxy) is 1. The molecule has 1 heterocycles. The molecule has 110 valence electrons. The molecule has 0 spiro atoms. The molecule has 0 radical (unpaired) electrons. The van der Waals surface area contributed by atoms with Gasteiger partial charge in [-0.15, -0.1) is 0 Å². The summed E-state index contributed by atoms with van der Waals surface area (Å²) in [6, 6.07) is 6.55. The number of nitrogens with one attached hydrogen (secondary N) is 1. The molecule has 6 heteroatoms. The summed E-state index contributed by atoms with van der Waals surface area (Å²) in [5, 5.41) is 13.2. The first-order valence-corrected chi connectivity index (χ1v) is 7.29. The minimum Gasteiger partial charge on any atom is -0.487 e. The largest absolute Gasteiger partial charge is 0.487 e. The molecule has 0 saturated carbocycles. The van der Waals surface area contributed by atoms with E-state index >= 15 is 0 Å². The monoisotopic (exact) mass is 281 g/mol. The molecule has 6 nitrogen and oxygen atoms in total. The van der Waals surface area contributed by atoms with Crippen molar-refractivity contribution in [2.24, 2.45) is 0 Å². The molecular formula is C14H23N3O3+2. The van der Waals surface area contributed by atoms with E-state index in [9.17, 15) is 10.1 Å². The lowest BCUT2D eigenvalue weighted by molar-refractivity contribution is -0.946. The highest BCUT2D eigenvalue weighted by molar-refractivity contribution is 5.45. The minimum atomic E-state index is -0.399. The second kappa shape index (κ2) is 7.81. The number of nitro groups is 1. The van der Waals surface area contributed by atoms with Gasteiger partial charge in [-0.05, 0) is 18.9 Å². The highest BCUT2D eigenvalue weighted by Gasteiger charge is 2.15. The lowest BCUT2D eigenvalue weighted by atomic mass is 10.2. The highest BCUT2D eigenvalue weighted by Crippen LogP contribution is 2.25. The number of benzene rings is 1. The zero-order valence-electron chi connectivity index (χ0n) is 11.7. The molecule has 3 N–H and O–H groups in total. The van der Waals surface area contributed by atoms with Crippen LogP contribution in [0.2, 0.25) is 0 Å². The highest BCUT2D eigenvalue weighted by atomic mass is 16.6. The maximum Gasteiger partial charge on any atom is 0.310 e. The molecule has 1 aliphatic rings. The van der Waals surface area contributed by atoms with E-state index in [1.807, 2.05) is 0 Å². The van der Waals surface area contributed by atoms with Crippen LogP contribution in [0.25, 0.3) is 0 Å². The van der Waals surface area contributed by atoms with Crippen molar-refractivity contribution >= 4 is 5.69 Å². The molecule has 0 bridgehead atoms. The van der Waals surface area contributed by atoms with Gasteiger partial charge in [0.2, 0.25) is 0 Å². The fraction of sp³-hybridized carbons (Fsp3) is 0.571. The number of nitro benzene ring substituents is 1. The molecule has 0 atom stereocenters. The van der Waals surface area contributed by atoms with Gasteiger partial charge >= 0.3 is 5.69 Å². The third-order valence-electron chi connectivity index (χ3n) is 3.65. The SMILES string of the molecule is O=[N+]([O-])c1ccccc1OCCCC[NH+]1CC[NH2+]CC1. The van der Waals surface area contributed by atoms with Crippen LogP contribution < -0.4 is 15.0 Å². The van der Waals surface area contributed by atoms with Gasteiger partial charge in [-0.2, -0.15) is 0 Å². The fourth-order valence-corrected chi connectivity index (χ4v) is 2.52. The smallest absolute Gasteiger partial charge is 0.310 e. The van der Waals surface area contributed by atoms with E-state index in [0.717, 1.165) is 12.8 Å². The van der Waals surface area contributed by atoms with Crippen molar-refractivity contribution in [2.45, 2.75) is 12.8 Å². The molecule has 1 aromatic carbocycles. The van der Waals surface area contributed by atoms with E-state index in [4.69, 9.17) is 4.74 Å². The van der Waals surface area contributed by atoms with E-state index in [-0.39, 0.29) is 5.69 Å². The van der Waals surface area contributed by atoms with E-state index in [1.165, 1.54) is 38.8 Å². The number of nitrogens with two attached hydrogens (primary N) is 1. The van der Waals surface area contributed by atoms with Crippen LogP contribution in [0.1, 0.15) is 12.8 Å².